The van der Waals surface area contributed by atoms with Crippen LogP contribution in [-0.2, 0) is 46.0 Å². The van der Waals surface area contributed by atoms with Crippen LogP contribution in [0.4, 0.5) is 92.5 Å². The van der Waals surface area contributed by atoms with Gasteiger partial charge in [-0.05, 0) is 71.8 Å². The van der Waals surface area contributed by atoms with Crippen molar-refractivity contribution >= 4 is 105 Å². The Bertz CT molecular complexity index is 3120. The van der Waals surface area contributed by atoms with E-state index in [1.54, 1.807) is 22.6 Å². The van der Waals surface area contributed by atoms with Crippen LogP contribution in [0.25, 0.3) is 10.9 Å². The lowest BCUT2D eigenvalue weighted by atomic mass is 9.91. The van der Waals surface area contributed by atoms with Crippen molar-refractivity contribution in [3.8, 4) is 0 Å². The monoisotopic (exact) mass is 1280 g/mol. The van der Waals surface area contributed by atoms with E-state index in [4.69, 9.17) is 21.3 Å². The molecule has 0 bridgehead atoms. The first-order valence-electron chi connectivity index (χ1n) is 20.3. The van der Waals surface area contributed by atoms with Crippen molar-refractivity contribution in [2.75, 3.05) is 37.1 Å². The Balaban J connectivity index is 0.000000495. The highest BCUT2D eigenvalue weighted by molar-refractivity contribution is 14.1. The summed E-state index contributed by atoms with van der Waals surface area (Å²) in [5.74, 6) is -8.70. The topological polar surface area (TPSA) is 400 Å². The van der Waals surface area contributed by atoms with Crippen molar-refractivity contribution in [2.45, 2.75) is 48.7 Å². The van der Waals surface area contributed by atoms with E-state index in [0.29, 0.717) is 28.0 Å². The van der Waals surface area contributed by atoms with Crippen LogP contribution in [0.2, 0.25) is 0 Å². The quantitative estimate of drug-likeness (QED) is 0.0119. The Kier molecular flexibility index (Phi) is 23.8. The second-order valence-electron chi connectivity index (χ2n) is 15.0. The van der Waals surface area contributed by atoms with Gasteiger partial charge in [-0.2, -0.15) is 52.7 Å². The molecule has 25 nitrogen and oxygen atoms in total. The molecule has 1 amide bonds. The number of hydrogen-bond donors (Lipinski definition) is 7. The number of aromatic nitrogens is 1. The third kappa shape index (κ3) is 17.3. The largest absolute Gasteiger partial charge is 0.479 e. The van der Waals surface area contributed by atoms with E-state index in [0.717, 1.165) is 37.6 Å². The molecule has 39 heteroatoms. The number of ketones is 1. The molecule has 1 fully saturated rings. The number of aliphatic hydroxyl groups is 2. The number of nitrogens with zero attached hydrogens (tertiary/aromatic N) is 4. The van der Waals surface area contributed by atoms with Gasteiger partial charge in [0.1, 0.15) is 0 Å². The van der Waals surface area contributed by atoms with Gasteiger partial charge < -0.3 is 46.6 Å². The van der Waals surface area contributed by atoms with Gasteiger partial charge >= 0.3 is 42.4 Å². The second-order valence-corrected chi connectivity index (χ2v) is 16.2. The molecular formula is C41H33BF12IN8O17. The number of rotatable bonds is 7. The number of non-ortho nitro benzene ring substituents is 2. The lowest BCUT2D eigenvalue weighted by Gasteiger charge is -2.25. The molecule has 1 saturated heterocycles. The molecule has 3 radical (unpaired) electrons. The fraction of sp³-hybridized carbons (Fsp3) is 0.268. The summed E-state index contributed by atoms with van der Waals surface area (Å²) in [6, 6.07) is 11.9. The molecule has 9 N–H and O–H groups in total. The highest BCUT2D eigenvalue weighted by Gasteiger charge is 2.65. The zero-order valence-electron chi connectivity index (χ0n) is 39.3. The normalized spacial score (nSPS) is 15.1. The minimum absolute atomic E-state index is 0. The molecule has 0 aliphatic carbocycles. The van der Waals surface area contributed by atoms with Crippen LogP contribution in [0, 0.1) is 44.0 Å². The van der Waals surface area contributed by atoms with E-state index in [9.17, 15) is 123 Å². The van der Waals surface area contributed by atoms with Crippen LogP contribution in [-0.4, -0.2) is 111 Å². The van der Waals surface area contributed by atoms with Crippen molar-refractivity contribution in [1.29, 1.82) is 0 Å². The van der Waals surface area contributed by atoms with Gasteiger partial charge in [-0.3, -0.25) is 50.0 Å². The van der Waals surface area contributed by atoms with Crippen LogP contribution >= 0.6 is 22.6 Å². The number of methoxy groups -OCH3 is 1. The number of benzene rings is 4. The minimum Gasteiger partial charge on any atom is -0.479 e. The number of halogens is 13. The fourth-order valence-electron chi connectivity index (χ4n) is 5.93. The molecule has 0 saturated carbocycles. The van der Waals surface area contributed by atoms with Gasteiger partial charge in [-0.15, -0.1) is 0 Å². The number of anilines is 3. The van der Waals surface area contributed by atoms with Gasteiger partial charge in [-0.1, -0.05) is 12.1 Å². The lowest BCUT2D eigenvalue weighted by Crippen LogP contribution is -2.49. The number of nitrogen functional groups attached to an aromatic ring is 2. The summed E-state index contributed by atoms with van der Waals surface area (Å²) in [5.41, 5.74) is -2.13. The summed E-state index contributed by atoms with van der Waals surface area (Å²) < 4.78 is 156. The summed E-state index contributed by atoms with van der Waals surface area (Å²) in [6.45, 7) is 2.00. The smallest absolute Gasteiger partial charge is 0.461 e. The molecule has 1 aromatic heterocycles. The first-order valence-corrected chi connectivity index (χ1v) is 21.4. The number of ether oxygens (including phenoxy) is 2. The number of carbonyl (C=O) groups is 4. The number of fused-ring (bicyclic) bond motifs is 2. The molecule has 80 heavy (non-hydrogen) atoms. The van der Waals surface area contributed by atoms with E-state index < -0.39 is 107 Å². The first kappa shape index (κ1) is 69.5. The van der Waals surface area contributed by atoms with Gasteiger partial charge in [0.15, 0.2) is 0 Å². The molecule has 4 aromatic carbocycles. The number of esters is 1. The van der Waals surface area contributed by atoms with Crippen LogP contribution in [0.15, 0.2) is 79.0 Å². The average Bonchev–Trinajstić information content (AvgIpc) is 4.12. The number of carbonyl (C=O) groups excluding carboxylic acids is 3. The third-order valence-corrected chi connectivity index (χ3v) is 10.6. The number of nitro benzene ring substituents is 4. The summed E-state index contributed by atoms with van der Waals surface area (Å²) in [7, 11) is 0.700. The first-order chi connectivity index (χ1) is 36.1. The van der Waals surface area contributed by atoms with Gasteiger partial charge in [0.2, 0.25) is 0 Å². The Morgan fingerprint density at radius 1 is 0.725 bits per heavy atom. The summed E-state index contributed by atoms with van der Waals surface area (Å²) in [4.78, 5) is 82.0. The molecule has 433 valence electrons. The maximum atomic E-state index is 12.8. The number of aromatic amines is 1. The van der Waals surface area contributed by atoms with E-state index in [1.165, 1.54) is 49.2 Å². The second kappa shape index (κ2) is 27.4. The van der Waals surface area contributed by atoms with Crippen LogP contribution < -0.4 is 16.8 Å². The molecule has 3 heterocycles. The number of nitrogens with one attached hydrogen (secondary N) is 2. The number of H-pyrrole nitrogens is 1. The van der Waals surface area contributed by atoms with E-state index in [2.05, 4.69) is 9.72 Å². The summed E-state index contributed by atoms with van der Waals surface area (Å²) in [6.07, 6.45) is -16.8. The number of carboxylic acids is 1. The molecule has 5 aromatic rings. The molecule has 2 aliphatic heterocycles. The van der Waals surface area contributed by atoms with Crippen LogP contribution in [0.3, 0.4) is 0 Å². The van der Waals surface area contributed by atoms with E-state index in [1.807, 2.05) is 5.32 Å². The average molecular weight is 1280 g/mol. The zero-order valence-corrected chi connectivity index (χ0v) is 41.5. The molecule has 2 atom stereocenters. The van der Waals surface area contributed by atoms with E-state index in [-0.39, 0.29) is 48.7 Å². The number of alkyl halides is 12. The minimum atomic E-state index is -5.78. The molecular weight excluding hydrogens is 1240 g/mol. The van der Waals surface area contributed by atoms with Crippen molar-refractivity contribution in [2.24, 2.45) is 0 Å². The van der Waals surface area contributed by atoms with Crippen molar-refractivity contribution in [3.05, 3.63) is 140 Å². The third-order valence-electron chi connectivity index (χ3n) is 9.72. The Labute approximate surface area is 451 Å². The number of amides is 1. The van der Waals surface area contributed by atoms with Gasteiger partial charge in [0.25, 0.3) is 39.9 Å². The van der Waals surface area contributed by atoms with Crippen LogP contribution in [0.1, 0.15) is 29.5 Å². The van der Waals surface area contributed by atoms with Crippen molar-refractivity contribution in [1.82, 2.24) is 4.98 Å². The number of carboxylic acid groups (broad SMARTS) is 1. The number of aliphatic carboxylic acids is 1. The Morgan fingerprint density at radius 2 is 1.21 bits per heavy atom. The SMILES string of the molecule is C1CCOC1.COC(=O)C(=O)C(F)(F)F.Nc1ccc2c(C(F)(F)F)c[nH]c2c1.Nc1ccc2c(c1)NC(=O)C2(O)C(F)(F)F.O=C(O)C(O)(c1ccc([N+](=O)[O-])cc1[N+](=O)[O-])C(F)(F)F.O=[N+]([O-])c1ccc(I)c([N+](=O)[O-])c1.[B]. The standard InChI is InChI=1S/C9H5F3N2O7.C9H7F3N2O2.C9H7F3N2.C6H3IN2O4.C4H3F3O3.C4H8O.B/c10-9(11,12)8(17,7(15)16)5-2-1-4(13(18)19)3-6(5)14(20)21;10-9(11,12)8(16)5-2-1-4(13)3-6(5)14-7(8)15;10-9(11,12)7-4-14-8-3-5(13)1-2-6(7)8;7-5-2-1-4(8(10)11)3-6(5)9(12)13;1-10-3(9)2(8)4(5,6)7;1-2-4-5-3-1;/h1-3,17H,(H,15,16);1-3,16H,13H2,(H,14,15);1-4,14H,13H2;1-3H;1H3;1-4H2;. The number of hydrogen-bond acceptors (Lipinski definition) is 18. The Morgan fingerprint density at radius 3 is 1.61 bits per heavy atom. The van der Waals surface area contributed by atoms with Crippen molar-refractivity contribution in [3.63, 3.8) is 0 Å². The molecule has 7 rings (SSSR count). The van der Waals surface area contributed by atoms with Gasteiger partial charge in [-0.25, -0.2) is 9.59 Å². The number of Topliss-reactive ketones (excluding diaryl/α,β-unsaturated/α-hetero) is 1. The van der Waals surface area contributed by atoms with Crippen molar-refractivity contribution < 1.29 is 116 Å². The molecule has 0 spiro atoms. The summed E-state index contributed by atoms with van der Waals surface area (Å²) >= 11 is 1.75. The molecule has 2 unspecified atom stereocenters. The number of nitrogens with two attached hydrogens (primary N) is 2. The highest BCUT2D eigenvalue weighted by Crippen LogP contribution is 2.47. The predicted molar refractivity (Wildman–Crippen MR) is 256 cm³/mol. The zero-order chi connectivity index (χ0) is 61.0. The lowest BCUT2D eigenvalue weighted by molar-refractivity contribution is -0.396. The number of nitro groups is 4. The highest BCUT2D eigenvalue weighted by atomic mass is 127. The van der Waals surface area contributed by atoms with E-state index >= 15 is 0 Å². The predicted octanol–water partition coefficient (Wildman–Crippen LogP) is 7.89. The molecule has 2 aliphatic rings. The van der Waals surface area contributed by atoms with Gasteiger partial charge in [0.05, 0.1) is 53.6 Å². The maximum Gasteiger partial charge on any atom is 0.461 e. The van der Waals surface area contributed by atoms with Gasteiger partial charge in [0, 0.05) is 73.5 Å². The summed E-state index contributed by atoms with van der Waals surface area (Å²) in [5, 5.41) is 71.3. The fourth-order valence-corrected chi connectivity index (χ4v) is 6.46. The van der Waals surface area contributed by atoms with Crippen LogP contribution in [0.5, 0.6) is 0 Å². The maximum absolute atomic E-state index is 12.8. The Hall–Kier alpha value is -8.47.